The first-order chi connectivity index (χ1) is 30.9. The van der Waals surface area contributed by atoms with Gasteiger partial charge in [0.1, 0.15) is 23.7 Å². The van der Waals surface area contributed by atoms with Crippen molar-refractivity contribution in [3.05, 3.63) is 107 Å². The average molecular weight is 869 g/mol. The molecule has 0 radical (unpaired) electrons. The van der Waals surface area contributed by atoms with Crippen molar-refractivity contribution >= 4 is 24.0 Å². The van der Waals surface area contributed by atoms with E-state index in [1.165, 1.54) is 42.0 Å². The molecule has 0 saturated carbocycles. The van der Waals surface area contributed by atoms with Gasteiger partial charge >= 0.3 is 12.2 Å². The number of aryl methyl sites for hydroxylation is 4. The Morgan fingerprint density at radius 3 is 1.53 bits per heavy atom. The molecule has 4 atom stereocenters. The Balaban J connectivity index is 1.06. The maximum absolute atomic E-state index is 13.9. The predicted molar refractivity (Wildman–Crippen MR) is 244 cm³/mol. The third-order valence-electron chi connectivity index (χ3n) is 13.2. The lowest BCUT2D eigenvalue weighted by Gasteiger charge is -2.30. The minimum absolute atomic E-state index is 0.114. The van der Waals surface area contributed by atoms with Crippen LogP contribution < -0.4 is 10.6 Å². The van der Waals surface area contributed by atoms with Crippen LogP contribution in [0.25, 0.3) is 33.6 Å². The zero-order valence-electron chi connectivity index (χ0n) is 37.7. The van der Waals surface area contributed by atoms with Gasteiger partial charge in [-0.05, 0) is 108 Å². The molecule has 3 aromatic carbocycles. The number of amides is 4. The van der Waals surface area contributed by atoms with Gasteiger partial charge in [0.15, 0.2) is 0 Å². The Kier molecular flexibility index (Phi) is 13.2. The number of rotatable bonds is 11. The molecule has 0 unspecified atom stereocenters. The van der Waals surface area contributed by atoms with Gasteiger partial charge in [-0.2, -0.15) is 0 Å². The lowest BCUT2D eigenvalue weighted by Crippen LogP contribution is -2.51. The second-order valence-corrected chi connectivity index (χ2v) is 18.0. The minimum Gasteiger partial charge on any atom is -0.453 e. The Bertz CT molecular complexity index is 2470. The van der Waals surface area contributed by atoms with Gasteiger partial charge in [0.2, 0.25) is 11.8 Å². The fourth-order valence-corrected chi connectivity index (χ4v) is 9.56. The van der Waals surface area contributed by atoms with Crippen molar-refractivity contribution in [1.29, 1.82) is 0 Å². The molecule has 2 aromatic heterocycles. The third kappa shape index (κ3) is 9.27. The van der Waals surface area contributed by atoms with Crippen molar-refractivity contribution in [2.75, 3.05) is 27.3 Å². The highest BCUT2D eigenvalue weighted by atomic mass is 16.5. The number of aromatic amines is 2. The number of ether oxygens (including phenoxy) is 2. The van der Waals surface area contributed by atoms with Crippen molar-refractivity contribution in [2.24, 2.45) is 11.8 Å². The molecule has 4 amide bonds. The molecule has 14 nitrogen and oxygen atoms in total. The van der Waals surface area contributed by atoms with Crippen molar-refractivity contribution in [1.82, 2.24) is 40.4 Å². The summed E-state index contributed by atoms with van der Waals surface area (Å²) in [4.78, 5) is 72.4. The molecule has 2 fully saturated rings. The molecule has 2 saturated heterocycles. The van der Waals surface area contributed by atoms with E-state index in [-0.39, 0.29) is 35.7 Å². The number of hydrogen-bond acceptors (Lipinski definition) is 8. The van der Waals surface area contributed by atoms with Gasteiger partial charge in [0.25, 0.3) is 0 Å². The van der Waals surface area contributed by atoms with Crippen LogP contribution in [0.2, 0.25) is 0 Å². The molecule has 336 valence electrons. The van der Waals surface area contributed by atoms with E-state index in [4.69, 9.17) is 19.4 Å². The predicted octanol–water partition coefficient (Wildman–Crippen LogP) is 8.11. The van der Waals surface area contributed by atoms with Crippen LogP contribution in [-0.2, 0) is 44.7 Å². The summed E-state index contributed by atoms with van der Waals surface area (Å²) in [5.41, 5.74) is 11.2. The van der Waals surface area contributed by atoms with Crippen LogP contribution in [0, 0.1) is 11.8 Å². The zero-order valence-corrected chi connectivity index (χ0v) is 37.7. The van der Waals surface area contributed by atoms with Gasteiger partial charge in [-0.25, -0.2) is 19.6 Å². The summed E-state index contributed by atoms with van der Waals surface area (Å²) in [6.07, 6.45) is 9.17. The van der Waals surface area contributed by atoms with Gasteiger partial charge in [-0.1, -0.05) is 82.3 Å². The maximum atomic E-state index is 13.9. The normalized spacial score (nSPS) is 18.2. The molecule has 11 rings (SSSR count). The Labute approximate surface area is 374 Å². The highest BCUT2D eigenvalue weighted by Crippen LogP contribution is 2.38. The van der Waals surface area contributed by atoms with Crippen molar-refractivity contribution < 1.29 is 28.7 Å². The molecule has 14 heteroatoms. The molecular weight excluding hydrogens is 809 g/mol. The van der Waals surface area contributed by atoms with Crippen molar-refractivity contribution in [2.45, 2.75) is 103 Å². The highest BCUT2D eigenvalue weighted by molar-refractivity contribution is 5.87. The fourth-order valence-electron chi connectivity index (χ4n) is 9.56. The van der Waals surface area contributed by atoms with Crippen molar-refractivity contribution in [3.8, 4) is 33.6 Å². The summed E-state index contributed by atoms with van der Waals surface area (Å²) in [7, 11) is 2.60. The molecule has 2 aliphatic heterocycles. The third-order valence-corrected chi connectivity index (χ3v) is 13.2. The van der Waals surface area contributed by atoms with Crippen LogP contribution in [0.15, 0.2) is 73.1 Å². The van der Waals surface area contributed by atoms with Crippen molar-refractivity contribution in [3.63, 3.8) is 0 Å². The first-order valence-corrected chi connectivity index (χ1v) is 22.7. The van der Waals surface area contributed by atoms with Gasteiger partial charge < -0.3 is 39.9 Å². The highest BCUT2D eigenvalue weighted by Gasteiger charge is 2.39. The first kappa shape index (κ1) is 44.2. The van der Waals surface area contributed by atoms with Gasteiger partial charge in [0.05, 0.1) is 50.1 Å². The maximum Gasteiger partial charge on any atom is 0.407 e. The van der Waals surface area contributed by atoms with E-state index in [0.717, 1.165) is 91.1 Å². The number of likely N-dealkylation sites (tertiary alicyclic amines) is 2. The monoisotopic (exact) mass is 868 g/mol. The zero-order chi connectivity index (χ0) is 45.1. The standard InChI is InChI=1S/C50H60N8O6/c1-29(2)43(55-49(61)63-5)47(59)57-23-7-9-41(57)45-51-27-39(53-45)34-21-19-33(20-22-34)37-25-36-18-16-32-13-11-31(12-14-32)15-17-35(37)26-38(36)40-28-52-46(54-40)42-10-8-24-58(42)48(60)44(30(3)4)56-50(62)64-6/h11-14,19-22,25-30,41-44H,7-10,15-18,23-24H2,1-6H3,(H,51,53)(H,52,54)(H,55,61)(H,56,62)/t41-,42-,43-,44-/m0/s1. The van der Waals surface area contributed by atoms with Crippen LogP contribution in [0.4, 0.5) is 9.59 Å². The lowest BCUT2D eigenvalue weighted by molar-refractivity contribution is -0.136. The summed E-state index contributed by atoms with van der Waals surface area (Å²) in [6.45, 7) is 8.84. The van der Waals surface area contributed by atoms with E-state index in [0.29, 0.717) is 13.1 Å². The Morgan fingerprint density at radius 2 is 1.05 bits per heavy atom. The van der Waals surface area contributed by atoms with Crippen LogP contribution in [-0.4, -0.2) is 93.1 Å². The second kappa shape index (κ2) is 19.1. The summed E-state index contributed by atoms with van der Waals surface area (Å²) >= 11 is 0. The number of H-pyrrole nitrogens is 2. The van der Waals surface area contributed by atoms with Crippen LogP contribution in [0.3, 0.4) is 0 Å². The van der Waals surface area contributed by atoms with E-state index >= 15 is 0 Å². The lowest BCUT2D eigenvalue weighted by atomic mass is 9.86. The van der Waals surface area contributed by atoms with E-state index in [1.807, 2.05) is 49.9 Å². The van der Waals surface area contributed by atoms with Crippen LogP contribution in [0.1, 0.15) is 99.4 Å². The Hall–Kier alpha value is -6.44. The molecule has 5 aromatic rings. The van der Waals surface area contributed by atoms with E-state index in [1.54, 1.807) is 0 Å². The number of carbonyl (C=O) groups is 4. The summed E-state index contributed by atoms with van der Waals surface area (Å²) in [5.74, 6) is 0.969. The molecule has 64 heavy (non-hydrogen) atoms. The molecule has 4 N–H and O–H groups in total. The van der Waals surface area contributed by atoms with Gasteiger partial charge in [-0.15, -0.1) is 0 Å². The summed E-state index contributed by atoms with van der Waals surface area (Å²) in [5, 5.41) is 5.47. The number of nitrogens with one attached hydrogen (secondary N) is 4. The topological polar surface area (TPSA) is 175 Å². The minimum atomic E-state index is -0.704. The number of hydrogen-bond donors (Lipinski definition) is 4. The van der Waals surface area contributed by atoms with Crippen LogP contribution in [0.5, 0.6) is 0 Å². The summed E-state index contributed by atoms with van der Waals surface area (Å²) < 4.78 is 9.63. The number of nitrogens with zero attached hydrogens (tertiary/aromatic N) is 4. The number of alkyl carbamates (subject to hydrolysis) is 2. The average Bonchev–Trinajstić information content (AvgIpc) is 4.15. The molecular formula is C50H60N8O6. The number of carbonyl (C=O) groups excluding carboxylic acids is 4. The number of imidazole rings is 2. The molecule has 4 aliphatic carbocycles. The molecule has 6 aliphatic rings. The molecule has 4 bridgehead atoms. The largest absolute Gasteiger partial charge is 0.453 e. The van der Waals surface area contributed by atoms with Crippen LogP contribution >= 0.6 is 0 Å². The first-order valence-electron chi connectivity index (χ1n) is 22.7. The quantitative estimate of drug-likeness (QED) is 0.103. The molecule has 0 spiro atoms. The van der Waals surface area contributed by atoms with E-state index < -0.39 is 24.3 Å². The van der Waals surface area contributed by atoms with E-state index in [2.05, 4.69) is 81.3 Å². The van der Waals surface area contributed by atoms with Gasteiger partial charge in [0, 0.05) is 18.7 Å². The fraction of sp³-hybridized carbons (Fsp3) is 0.440. The van der Waals surface area contributed by atoms with Gasteiger partial charge in [-0.3, -0.25) is 9.59 Å². The second-order valence-electron chi connectivity index (χ2n) is 18.0. The SMILES string of the molecule is COC(=O)N[C@H](C(=O)N1CCC[C@H]1c1ncc(-c2ccc(-c3cc4c(-c5cnc([C@@H]6CCCN6C(=O)[C@@H](NC(=O)OC)C(C)C)[nH]5)cc3CCc3ccc(cc3)CC4)cc2)[nH]1)C(C)C. The molecule has 4 heterocycles. The number of aromatic nitrogens is 4. The smallest absolute Gasteiger partial charge is 0.407 e. The number of benzene rings is 3. The Morgan fingerprint density at radius 1 is 0.609 bits per heavy atom. The summed E-state index contributed by atoms with van der Waals surface area (Å²) in [6, 6.07) is 20.4. The van der Waals surface area contributed by atoms with E-state index in [9.17, 15) is 19.2 Å². The number of methoxy groups -OCH3 is 2.